The Kier molecular flexibility index (Phi) is 6.01. The predicted molar refractivity (Wildman–Crippen MR) is 108 cm³/mol. The highest BCUT2D eigenvalue weighted by Gasteiger charge is 2.44. The smallest absolute Gasteiger partial charge is 0.163 e. The molecule has 0 bridgehead atoms. The number of aliphatic hydroxyl groups excluding tert-OH is 4. The first-order valence-electron chi connectivity index (χ1n) is 9.36. The van der Waals surface area contributed by atoms with Gasteiger partial charge in [-0.2, -0.15) is 0 Å². The fourth-order valence-corrected chi connectivity index (χ4v) is 4.60. The van der Waals surface area contributed by atoms with Crippen LogP contribution in [0.5, 0.6) is 5.75 Å². The highest BCUT2D eigenvalue weighted by Crippen LogP contribution is 2.40. The number of methoxy groups -OCH3 is 1. The monoisotopic (exact) mass is 435 g/mol. The van der Waals surface area contributed by atoms with Crippen LogP contribution in [0.2, 0.25) is 0 Å². The molecule has 1 aliphatic heterocycles. The van der Waals surface area contributed by atoms with Crippen molar-refractivity contribution in [2.75, 3.05) is 13.7 Å². The van der Waals surface area contributed by atoms with Gasteiger partial charge in [0, 0.05) is 21.4 Å². The third-order valence-corrected chi connectivity index (χ3v) is 6.24. The molecule has 1 aromatic heterocycles. The van der Waals surface area contributed by atoms with E-state index in [2.05, 4.69) is 0 Å². The Hall–Kier alpha value is -2.14. The zero-order valence-corrected chi connectivity index (χ0v) is 16.9. The molecule has 2 heterocycles. The Balaban J connectivity index is 1.76. The van der Waals surface area contributed by atoms with E-state index in [9.17, 15) is 24.8 Å². The van der Waals surface area contributed by atoms with Gasteiger partial charge in [-0.05, 0) is 36.4 Å². The lowest BCUT2D eigenvalue weighted by Gasteiger charge is -2.40. The number of benzene rings is 2. The fourth-order valence-electron chi connectivity index (χ4n) is 3.60. The van der Waals surface area contributed by atoms with Crippen LogP contribution in [0.1, 0.15) is 6.23 Å². The van der Waals surface area contributed by atoms with E-state index < -0.39 is 43.1 Å². The maximum atomic E-state index is 14.7. The first-order valence-corrected chi connectivity index (χ1v) is 10.2. The van der Waals surface area contributed by atoms with E-state index in [1.165, 1.54) is 22.4 Å². The van der Waals surface area contributed by atoms with Gasteiger partial charge in [0.15, 0.2) is 6.23 Å². The minimum absolute atomic E-state index is 0.343. The molecule has 160 valence electrons. The van der Waals surface area contributed by atoms with E-state index in [1.807, 2.05) is 12.1 Å². The molecule has 0 amide bonds. The van der Waals surface area contributed by atoms with E-state index >= 15 is 0 Å². The molecule has 1 saturated heterocycles. The van der Waals surface area contributed by atoms with Gasteiger partial charge in [0.1, 0.15) is 36.0 Å². The van der Waals surface area contributed by atoms with Crippen LogP contribution in [0.3, 0.4) is 0 Å². The number of hydrogen-bond donors (Lipinski definition) is 4. The molecular formula is C21H22FNO6S. The summed E-state index contributed by atoms with van der Waals surface area (Å²) >= 11 is 1.33. The van der Waals surface area contributed by atoms with Gasteiger partial charge < -0.3 is 34.5 Å². The zero-order valence-electron chi connectivity index (χ0n) is 16.1. The molecule has 4 rings (SSSR count). The van der Waals surface area contributed by atoms with Crippen LogP contribution < -0.4 is 4.74 Å². The molecular weight excluding hydrogens is 413 g/mol. The molecule has 2 aromatic carbocycles. The zero-order chi connectivity index (χ0) is 21.4. The lowest BCUT2D eigenvalue weighted by molar-refractivity contribution is -0.250. The van der Waals surface area contributed by atoms with Crippen molar-refractivity contribution in [1.82, 2.24) is 4.57 Å². The second-order valence-corrected chi connectivity index (χ2v) is 8.15. The van der Waals surface area contributed by atoms with E-state index in [0.29, 0.717) is 21.5 Å². The van der Waals surface area contributed by atoms with Gasteiger partial charge in [-0.25, -0.2) is 4.39 Å². The molecule has 5 atom stereocenters. The minimum atomic E-state index is -1.52. The Labute approximate surface area is 176 Å². The summed E-state index contributed by atoms with van der Waals surface area (Å²) in [5, 5.41) is 40.5. The van der Waals surface area contributed by atoms with Crippen LogP contribution in [0.4, 0.5) is 4.39 Å². The average Bonchev–Trinajstić information content (AvgIpc) is 3.12. The second kappa shape index (κ2) is 8.54. The quantitative estimate of drug-likeness (QED) is 0.485. The SMILES string of the molecule is COc1ccc(Sc2cn([C@@H]3O[C@H](CO)[C@@H](O)[C@H](O)[C@H]3O)c3cccc(F)c23)cc1. The van der Waals surface area contributed by atoms with Gasteiger partial charge >= 0.3 is 0 Å². The summed E-state index contributed by atoms with van der Waals surface area (Å²) in [7, 11) is 1.58. The number of rotatable bonds is 5. The second-order valence-electron chi connectivity index (χ2n) is 7.03. The van der Waals surface area contributed by atoms with E-state index in [1.54, 1.807) is 37.6 Å². The third kappa shape index (κ3) is 3.68. The molecule has 0 aliphatic carbocycles. The molecule has 0 radical (unpaired) electrons. The standard InChI is InChI=1S/C21H22FNO6S/c1-28-11-5-7-12(8-6-11)30-16-9-23(14-4-2-3-13(22)17(14)16)21-20(27)19(26)18(25)15(10-24)29-21/h2-9,15,18-21,24-27H,10H2,1H3/t15-,18-,19+,20-,21-/m1/s1. The van der Waals surface area contributed by atoms with Crippen LogP contribution in [-0.4, -0.2) is 63.1 Å². The molecule has 0 saturated carbocycles. The first kappa shape index (κ1) is 21.1. The molecule has 0 spiro atoms. The average molecular weight is 435 g/mol. The van der Waals surface area contributed by atoms with Gasteiger partial charge in [-0.15, -0.1) is 0 Å². The van der Waals surface area contributed by atoms with Gasteiger partial charge in [-0.1, -0.05) is 17.8 Å². The van der Waals surface area contributed by atoms with Crippen molar-refractivity contribution in [3.8, 4) is 5.75 Å². The molecule has 4 N–H and O–H groups in total. The van der Waals surface area contributed by atoms with E-state index in [-0.39, 0.29) is 0 Å². The van der Waals surface area contributed by atoms with Crippen LogP contribution in [0.15, 0.2) is 58.5 Å². The van der Waals surface area contributed by atoms with Crippen LogP contribution in [-0.2, 0) is 4.74 Å². The van der Waals surface area contributed by atoms with Crippen LogP contribution in [0.25, 0.3) is 10.9 Å². The highest BCUT2D eigenvalue weighted by molar-refractivity contribution is 7.99. The van der Waals surface area contributed by atoms with Crippen molar-refractivity contribution in [2.24, 2.45) is 0 Å². The summed E-state index contributed by atoms with van der Waals surface area (Å²) in [6.45, 7) is -0.539. The van der Waals surface area contributed by atoms with Crippen molar-refractivity contribution in [3.05, 3.63) is 54.5 Å². The van der Waals surface area contributed by atoms with Gasteiger partial charge in [0.2, 0.25) is 0 Å². The van der Waals surface area contributed by atoms with E-state index in [0.717, 1.165) is 4.90 Å². The molecule has 1 fully saturated rings. The number of ether oxygens (including phenoxy) is 2. The van der Waals surface area contributed by atoms with Crippen LogP contribution >= 0.6 is 11.8 Å². The number of nitrogens with zero attached hydrogens (tertiary/aromatic N) is 1. The lowest BCUT2D eigenvalue weighted by Crippen LogP contribution is -2.56. The van der Waals surface area contributed by atoms with E-state index in [4.69, 9.17) is 9.47 Å². The van der Waals surface area contributed by atoms with Crippen LogP contribution in [0, 0.1) is 5.82 Å². The van der Waals surface area contributed by atoms with Gasteiger partial charge in [0.25, 0.3) is 0 Å². The molecule has 7 nitrogen and oxygen atoms in total. The summed E-state index contributed by atoms with van der Waals surface area (Å²) in [5.41, 5.74) is 0.454. The number of fused-ring (bicyclic) bond motifs is 1. The number of hydrogen-bond acceptors (Lipinski definition) is 7. The molecule has 0 unspecified atom stereocenters. The molecule has 30 heavy (non-hydrogen) atoms. The molecule has 9 heteroatoms. The maximum Gasteiger partial charge on any atom is 0.163 e. The summed E-state index contributed by atoms with van der Waals surface area (Å²) in [6.07, 6.45) is -5.00. The molecule has 1 aliphatic rings. The Morgan fingerprint density at radius 2 is 1.80 bits per heavy atom. The van der Waals surface area contributed by atoms with Gasteiger partial charge in [-0.3, -0.25) is 0 Å². The molecule has 3 aromatic rings. The van der Waals surface area contributed by atoms with Gasteiger partial charge in [0.05, 0.1) is 19.2 Å². The predicted octanol–water partition coefficient (Wildman–Crippen LogP) is 1.91. The summed E-state index contributed by atoms with van der Waals surface area (Å²) in [6, 6.07) is 11.9. The fraction of sp³-hybridized carbons (Fsp3) is 0.333. The highest BCUT2D eigenvalue weighted by atomic mass is 32.2. The largest absolute Gasteiger partial charge is 0.497 e. The van der Waals surface area contributed by atoms with Crippen molar-refractivity contribution in [2.45, 2.75) is 40.4 Å². The third-order valence-electron chi connectivity index (χ3n) is 5.20. The Bertz CT molecular complexity index is 1020. The Morgan fingerprint density at radius 1 is 1.07 bits per heavy atom. The number of aliphatic hydroxyl groups is 4. The normalized spacial score (nSPS) is 26.8. The summed E-state index contributed by atoms with van der Waals surface area (Å²) in [4.78, 5) is 1.44. The van der Waals surface area contributed by atoms with Crippen molar-refractivity contribution in [1.29, 1.82) is 0 Å². The maximum absolute atomic E-state index is 14.7. The lowest BCUT2D eigenvalue weighted by atomic mass is 9.98. The first-order chi connectivity index (χ1) is 14.4. The Morgan fingerprint density at radius 3 is 2.47 bits per heavy atom. The topological polar surface area (TPSA) is 104 Å². The van der Waals surface area contributed by atoms with Crippen molar-refractivity contribution < 1.29 is 34.3 Å². The summed E-state index contributed by atoms with van der Waals surface area (Å²) < 4.78 is 27.1. The van der Waals surface area contributed by atoms with Crippen molar-refractivity contribution >= 4 is 22.7 Å². The number of halogens is 1. The minimum Gasteiger partial charge on any atom is -0.497 e. The van der Waals surface area contributed by atoms with Crippen molar-refractivity contribution in [3.63, 3.8) is 0 Å². The summed E-state index contributed by atoms with van der Waals surface area (Å²) in [5.74, 6) is 0.265. The number of aromatic nitrogens is 1.